The summed E-state index contributed by atoms with van der Waals surface area (Å²) in [4.78, 5) is 16.1. The van der Waals surface area contributed by atoms with E-state index in [1.54, 1.807) is 0 Å². The number of carbonyl (C=O) groups excluding carboxylic acids is 1. The summed E-state index contributed by atoms with van der Waals surface area (Å²) in [5, 5.41) is 0. The molecule has 0 saturated carbocycles. The Morgan fingerprint density at radius 1 is 1.05 bits per heavy atom. The molecule has 1 aromatic rings. The van der Waals surface area contributed by atoms with Crippen molar-refractivity contribution in [1.29, 1.82) is 0 Å². The van der Waals surface area contributed by atoms with Crippen molar-refractivity contribution in [1.82, 2.24) is 9.80 Å². The quantitative estimate of drug-likeness (QED) is 0.690. The summed E-state index contributed by atoms with van der Waals surface area (Å²) in [5.41, 5.74) is 1.83. The Morgan fingerprint density at radius 3 is 2.14 bits per heavy atom. The summed E-state index contributed by atoms with van der Waals surface area (Å²) >= 11 is 0. The van der Waals surface area contributed by atoms with Gasteiger partial charge in [-0.05, 0) is 45.3 Å². The van der Waals surface area contributed by atoms with Crippen molar-refractivity contribution in [3.05, 3.63) is 35.4 Å². The molecule has 126 valence electrons. The number of carbonyl (C=O) groups is 1. The lowest BCUT2D eigenvalue weighted by molar-refractivity contribution is 0.0505. The second kappa shape index (κ2) is 12.2. The summed E-state index contributed by atoms with van der Waals surface area (Å²) in [6.45, 7) is 9.41. The van der Waals surface area contributed by atoms with Gasteiger partial charge in [0, 0.05) is 19.6 Å². The van der Waals surface area contributed by atoms with Crippen LogP contribution in [0.25, 0.3) is 0 Å². The Morgan fingerprint density at radius 2 is 1.64 bits per heavy atom. The summed E-state index contributed by atoms with van der Waals surface area (Å²) in [6, 6.07) is 7.67. The molecule has 0 N–H and O–H groups in total. The van der Waals surface area contributed by atoms with Crippen LogP contribution in [0.2, 0.25) is 0 Å². The maximum Gasteiger partial charge on any atom is 0.338 e. The molecular formula is C18H32N2O2. The van der Waals surface area contributed by atoms with E-state index in [-0.39, 0.29) is 5.97 Å². The molecule has 0 spiro atoms. The van der Waals surface area contributed by atoms with E-state index >= 15 is 0 Å². The van der Waals surface area contributed by atoms with Gasteiger partial charge in [-0.1, -0.05) is 32.9 Å². The number of hydrogen-bond acceptors (Lipinski definition) is 4. The zero-order valence-electron chi connectivity index (χ0n) is 15.1. The highest BCUT2D eigenvalue weighted by Crippen LogP contribution is 2.08. The number of benzene rings is 1. The van der Waals surface area contributed by atoms with Crippen LogP contribution in [0.4, 0.5) is 0 Å². The van der Waals surface area contributed by atoms with Gasteiger partial charge in [-0.15, -0.1) is 0 Å². The van der Waals surface area contributed by atoms with Crippen LogP contribution in [0.3, 0.4) is 0 Å². The summed E-state index contributed by atoms with van der Waals surface area (Å²) in [5.74, 6) is -0.237. The highest BCUT2D eigenvalue weighted by molar-refractivity contribution is 5.89. The van der Waals surface area contributed by atoms with E-state index in [0.717, 1.165) is 26.1 Å². The van der Waals surface area contributed by atoms with Crippen molar-refractivity contribution in [2.45, 2.75) is 33.7 Å². The fourth-order valence-corrected chi connectivity index (χ4v) is 1.79. The zero-order valence-corrected chi connectivity index (χ0v) is 15.1. The number of ether oxygens (including phenoxy) is 1. The van der Waals surface area contributed by atoms with E-state index in [1.807, 2.05) is 45.0 Å². The number of rotatable bonds is 8. The Bertz CT molecular complexity index is 402. The van der Waals surface area contributed by atoms with Crippen molar-refractivity contribution in [2.75, 3.05) is 40.8 Å². The third-order valence-corrected chi connectivity index (χ3v) is 3.01. The molecule has 0 atom stereocenters. The minimum Gasteiger partial charge on any atom is -0.462 e. The fraction of sp³-hybridized carbons (Fsp3) is 0.611. The molecule has 0 amide bonds. The van der Waals surface area contributed by atoms with Gasteiger partial charge in [0.25, 0.3) is 0 Å². The molecule has 0 bridgehead atoms. The van der Waals surface area contributed by atoms with Crippen molar-refractivity contribution < 1.29 is 9.53 Å². The lowest BCUT2D eigenvalue weighted by atomic mass is 10.1. The van der Waals surface area contributed by atoms with Gasteiger partial charge in [0.2, 0.25) is 0 Å². The second-order valence-corrected chi connectivity index (χ2v) is 5.37. The first-order valence-corrected chi connectivity index (χ1v) is 8.12. The molecule has 22 heavy (non-hydrogen) atoms. The third kappa shape index (κ3) is 8.80. The molecule has 0 unspecified atom stereocenters. The standard InChI is InChI=1S/C16H26N2O2.C2H6/c1-5-12-20-16(19)15-8-6-14(7-9-15)13-18(4)11-10-17(2)3;1-2/h6-9H,5,10-13H2,1-4H3;1-2H3. The van der Waals surface area contributed by atoms with Crippen molar-refractivity contribution in [2.24, 2.45) is 0 Å². The van der Waals surface area contributed by atoms with Gasteiger partial charge >= 0.3 is 5.97 Å². The van der Waals surface area contributed by atoms with E-state index in [2.05, 4.69) is 30.9 Å². The highest BCUT2D eigenvalue weighted by atomic mass is 16.5. The van der Waals surface area contributed by atoms with Crippen LogP contribution in [-0.4, -0.2) is 56.6 Å². The topological polar surface area (TPSA) is 32.8 Å². The molecule has 0 saturated heterocycles. The van der Waals surface area contributed by atoms with Crippen molar-refractivity contribution in [3.63, 3.8) is 0 Å². The molecule has 0 fully saturated rings. The monoisotopic (exact) mass is 308 g/mol. The van der Waals surface area contributed by atoms with E-state index in [9.17, 15) is 4.79 Å². The molecule has 0 radical (unpaired) electrons. The summed E-state index contributed by atoms with van der Waals surface area (Å²) in [7, 11) is 6.25. The maximum absolute atomic E-state index is 11.7. The average Bonchev–Trinajstić information content (AvgIpc) is 2.53. The fourth-order valence-electron chi connectivity index (χ4n) is 1.79. The van der Waals surface area contributed by atoms with Crippen LogP contribution in [0.5, 0.6) is 0 Å². The van der Waals surface area contributed by atoms with Crippen LogP contribution >= 0.6 is 0 Å². The number of nitrogens with zero attached hydrogens (tertiary/aromatic N) is 2. The highest BCUT2D eigenvalue weighted by Gasteiger charge is 2.07. The largest absolute Gasteiger partial charge is 0.462 e. The van der Waals surface area contributed by atoms with Gasteiger partial charge in [-0.25, -0.2) is 4.79 Å². The molecule has 0 aromatic heterocycles. The van der Waals surface area contributed by atoms with E-state index in [0.29, 0.717) is 12.2 Å². The average molecular weight is 308 g/mol. The van der Waals surface area contributed by atoms with Gasteiger partial charge in [-0.3, -0.25) is 0 Å². The number of likely N-dealkylation sites (N-methyl/N-ethyl adjacent to an activating group) is 2. The Labute approximate surface area is 136 Å². The predicted molar refractivity (Wildman–Crippen MR) is 93.3 cm³/mol. The second-order valence-electron chi connectivity index (χ2n) is 5.37. The van der Waals surface area contributed by atoms with Crippen LogP contribution in [0, 0.1) is 0 Å². The van der Waals surface area contributed by atoms with Gasteiger partial charge in [0.15, 0.2) is 0 Å². The normalized spacial score (nSPS) is 10.4. The Hall–Kier alpha value is -1.39. The van der Waals surface area contributed by atoms with Crippen LogP contribution in [0.1, 0.15) is 43.1 Å². The zero-order chi connectivity index (χ0) is 17.0. The first-order valence-electron chi connectivity index (χ1n) is 8.12. The van der Waals surface area contributed by atoms with Crippen LogP contribution in [-0.2, 0) is 11.3 Å². The molecule has 0 aliphatic rings. The molecule has 1 rings (SSSR count). The van der Waals surface area contributed by atoms with Crippen LogP contribution in [0.15, 0.2) is 24.3 Å². The molecule has 0 aliphatic heterocycles. The molecule has 0 aliphatic carbocycles. The van der Waals surface area contributed by atoms with Crippen molar-refractivity contribution >= 4 is 5.97 Å². The molecule has 4 heteroatoms. The minimum absolute atomic E-state index is 0.237. The van der Waals surface area contributed by atoms with E-state index < -0.39 is 0 Å². The van der Waals surface area contributed by atoms with Crippen LogP contribution < -0.4 is 0 Å². The SMILES string of the molecule is CC.CCCOC(=O)c1ccc(CN(C)CCN(C)C)cc1. The lowest BCUT2D eigenvalue weighted by Gasteiger charge is -2.19. The van der Waals surface area contributed by atoms with Gasteiger partial charge in [-0.2, -0.15) is 0 Å². The van der Waals surface area contributed by atoms with Gasteiger partial charge in [0.1, 0.15) is 0 Å². The smallest absolute Gasteiger partial charge is 0.338 e. The van der Waals surface area contributed by atoms with Crippen molar-refractivity contribution in [3.8, 4) is 0 Å². The molecule has 1 aromatic carbocycles. The lowest BCUT2D eigenvalue weighted by Crippen LogP contribution is -2.28. The first kappa shape index (κ1) is 20.6. The third-order valence-electron chi connectivity index (χ3n) is 3.01. The Kier molecular flexibility index (Phi) is 11.4. The number of hydrogen-bond donors (Lipinski definition) is 0. The molecular weight excluding hydrogens is 276 g/mol. The Balaban J connectivity index is 0.00000211. The van der Waals surface area contributed by atoms with E-state index in [1.165, 1.54) is 5.56 Å². The predicted octanol–water partition coefficient (Wildman–Crippen LogP) is 3.27. The van der Waals surface area contributed by atoms with Gasteiger partial charge < -0.3 is 14.5 Å². The number of esters is 1. The van der Waals surface area contributed by atoms with Gasteiger partial charge in [0.05, 0.1) is 12.2 Å². The first-order chi connectivity index (χ1) is 10.5. The minimum atomic E-state index is -0.237. The maximum atomic E-state index is 11.7. The molecule has 0 heterocycles. The van der Waals surface area contributed by atoms with E-state index in [4.69, 9.17) is 4.74 Å². The molecule has 4 nitrogen and oxygen atoms in total. The summed E-state index contributed by atoms with van der Waals surface area (Å²) in [6.07, 6.45) is 0.848. The summed E-state index contributed by atoms with van der Waals surface area (Å²) < 4.78 is 5.11.